The van der Waals surface area contributed by atoms with E-state index in [1.54, 1.807) is 0 Å². The van der Waals surface area contributed by atoms with Crippen molar-refractivity contribution in [3.05, 3.63) is 16.8 Å². The molecule has 19 heavy (non-hydrogen) atoms. The SMILES string of the molecule is CCCCC(C)Nc1nnc(CC)c(CC)c1C#N. The van der Waals surface area contributed by atoms with Gasteiger partial charge in [-0.15, -0.1) is 5.10 Å². The van der Waals surface area contributed by atoms with Crippen LogP contribution in [0.3, 0.4) is 0 Å². The molecule has 0 amide bonds. The summed E-state index contributed by atoms with van der Waals surface area (Å²) in [6, 6.07) is 2.60. The normalized spacial score (nSPS) is 11.9. The molecule has 0 radical (unpaired) electrons. The number of hydrogen-bond acceptors (Lipinski definition) is 4. The van der Waals surface area contributed by atoms with Crippen LogP contribution in [0.2, 0.25) is 0 Å². The molecule has 0 aliphatic carbocycles. The number of nitrogens with one attached hydrogen (secondary N) is 1. The van der Waals surface area contributed by atoms with Crippen molar-refractivity contribution in [2.24, 2.45) is 0 Å². The summed E-state index contributed by atoms with van der Waals surface area (Å²) in [7, 11) is 0. The molecule has 4 heteroatoms. The van der Waals surface area contributed by atoms with Crippen LogP contribution in [0.15, 0.2) is 0 Å². The molecule has 1 heterocycles. The summed E-state index contributed by atoms with van der Waals surface area (Å²) in [6.45, 7) is 8.40. The van der Waals surface area contributed by atoms with Gasteiger partial charge in [-0.3, -0.25) is 0 Å². The Morgan fingerprint density at radius 1 is 1.21 bits per heavy atom. The lowest BCUT2D eigenvalue weighted by Gasteiger charge is -2.16. The number of hydrogen-bond donors (Lipinski definition) is 1. The van der Waals surface area contributed by atoms with Gasteiger partial charge in [0.2, 0.25) is 0 Å². The number of unbranched alkanes of at least 4 members (excludes halogenated alkanes) is 1. The Kier molecular flexibility index (Phi) is 6.27. The van der Waals surface area contributed by atoms with Crippen molar-refractivity contribution in [3.8, 4) is 6.07 Å². The highest BCUT2D eigenvalue weighted by atomic mass is 15.2. The van der Waals surface area contributed by atoms with E-state index in [4.69, 9.17) is 0 Å². The van der Waals surface area contributed by atoms with Crippen molar-refractivity contribution in [1.29, 1.82) is 5.26 Å². The van der Waals surface area contributed by atoms with E-state index in [0.29, 0.717) is 17.4 Å². The summed E-state index contributed by atoms with van der Waals surface area (Å²) in [4.78, 5) is 0. The largest absolute Gasteiger partial charge is 0.365 e. The monoisotopic (exact) mass is 260 g/mol. The van der Waals surface area contributed by atoms with Crippen LogP contribution in [0.1, 0.15) is 63.8 Å². The van der Waals surface area contributed by atoms with Crippen molar-refractivity contribution in [1.82, 2.24) is 10.2 Å². The van der Waals surface area contributed by atoms with Crippen LogP contribution in [0.25, 0.3) is 0 Å². The van der Waals surface area contributed by atoms with Gasteiger partial charge in [0.15, 0.2) is 5.82 Å². The van der Waals surface area contributed by atoms with E-state index in [2.05, 4.69) is 42.4 Å². The molecule has 1 atom stereocenters. The fourth-order valence-corrected chi connectivity index (χ4v) is 2.21. The first-order valence-corrected chi connectivity index (χ1v) is 7.22. The van der Waals surface area contributed by atoms with E-state index in [0.717, 1.165) is 30.5 Å². The molecular formula is C15H24N4. The molecule has 0 aliphatic rings. The highest BCUT2D eigenvalue weighted by Gasteiger charge is 2.15. The lowest BCUT2D eigenvalue weighted by molar-refractivity contribution is 0.641. The van der Waals surface area contributed by atoms with E-state index in [-0.39, 0.29) is 0 Å². The van der Waals surface area contributed by atoms with Gasteiger partial charge in [0, 0.05) is 6.04 Å². The van der Waals surface area contributed by atoms with E-state index in [1.165, 1.54) is 12.8 Å². The van der Waals surface area contributed by atoms with E-state index in [1.807, 2.05) is 6.92 Å². The zero-order valence-electron chi connectivity index (χ0n) is 12.5. The minimum absolute atomic E-state index is 0.318. The van der Waals surface area contributed by atoms with Crippen molar-refractivity contribution in [2.45, 2.75) is 65.8 Å². The number of nitriles is 1. The third kappa shape index (κ3) is 3.92. The Morgan fingerprint density at radius 3 is 2.47 bits per heavy atom. The van der Waals surface area contributed by atoms with Crippen LogP contribution >= 0.6 is 0 Å². The fraction of sp³-hybridized carbons (Fsp3) is 0.667. The third-order valence-electron chi connectivity index (χ3n) is 3.33. The van der Waals surface area contributed by atoms with Crippen LogP contribution in [0.5, 0.6) is 0 Å². The Labute approximate surface area is 116 Å². The van der Waals surface area contributed by atoms with E-state index in [9.17, 15) is 5.26 Å². The molecule has 0 saturated carbocycles. The van der Waals surface area contributed by atoms with Gasteiger partial charge in [-0.1, -0.05) is 33.6 Å². The predicted octanol–water partition coefficient (Wildman–Crippen LogP) is 3.46. The quantitative estimate of drug-likeness (QED) is 0.815. The summed E-state index contributed by atoms with van der Waals surface area (Å²) < 4.78 is 0. The number of nitrogens with zero attached hydrogens (tertiary/aromatic N) is 3. The molecule has 0 saturated heterocycles. The highest BCUT2D eigenvalue weighted by Crippen LogP contribution is 2.21. The number of anilines is 1. The highest BCUT2D eigenvalue weighted by molar-refractivity contribution is 5.56. The maximum Gasteiger partial charge on any atom is 0.167 e. The number of aromatic nitrogens is 2. The van der Waals surface area contributed by atoms with Gasteiger partial charge in [0.05, 0.1) is 5.69 Å². The van der Waals surface area contributed by atoms with Gasteiger partial charge in [0.25, 0.3) is 0 Å². The lowest BCUT2D eigenvalue weighted by Crippen LogP contribution is -2.18. The van der Waals surface area contributed by atoms with Crippen LogP contribution < -0.4 is 5.32 Å². The minimum atomic E-state index is 0.318. The summed E-state index contributed by atoms with van der Waals surface area (Å²) in [5.74, 6) is 0.639. The maximum atomic E-state index is 9.38. The van der Waals surface area contributed by atoms with Crippen molar-refractivity contribution >= 4 is 5.82 Å². The van der Waals surface area contributed by atoms with Crippen LogP contribution in [0.4, 0.5) is 5.82 Å². The molecule has 1 N–H and O–H groups in total. The third-order valence-corrected chi connectivity index (χ3v) is 3.33. The summed E-state index contributed by atoms with van der Waals surface area (Å²) in [6.07, 6.45) is 5.07. The molecule has 0 spiro atoms. The molecule has 0 bridgehead atoms. The molecule has 1 unspecified atom stereocenters. The molecule has 0 aliphatic heterocycles. The molecule has 1 aromatic rings. The van der Waals surface area contributed by atoms with Crippen LogP contribution in [0, 0.1) is 11.3 Å². The van der Waals surface area contributed by atoms with Gasteiger partial charge in [-0.05, 0) is 31.7 Å². The maximum absolute atomic E-state index is 9.38. The lowest BCUT2D eigenvalue weighted by atomic mass is 10.0. The average Bonchev–Trinajstić information content (AvgIpc) is 2.44. The number of aryl methyl sites for hydroxylation is 1. The predicted molar refractivity (Wildman–Crippen MR) is 78.1 cm³/mol. The fourth-order valence-electron chi connectivity index (χ4n) is 2.21. The zero-order chi connectivity index (χ0) is 14.3. The first-order chi connectivity index (χ1) is 9.17. The summed E-state index contributed by atoms with van der Waals surface area (Å²) >= 11 is 0. The topological polar surface area (TPSA) is 61.6 Å². The second-order valence-corrected chi connectivity index (χ2v) is 4.86. The van der Waals surface area contributed by atoms with Crippen molar-refractivity contribution in [2.75, 3.05) is 5.32 Å². The molecule has 4 nitrogen and oxygen atoms in total. The van der Waals surface area contributed by atoms with Gasteiger partial charge < -0.3 is 5.32 Å². The summed E-state index contributed by atoms with van der Waals surface area (Å²) in [5, 5.41) is 21.1. The van der Waals surface area contributed by atoms with Crippen molar-refractivity contribution in [3.63, 3.8) is 0 Å². The van der Waals surface area contributed by atoms with Crippen LogP contribution in [-0.4, -0.2) is 16.2 Å². The molecule has 0 aromatic carbocycles. The van der Waals surface area contributed by atoms with Gasteiger partial charge in [0.1, 0.15) is 11.6 Å². The Morgan fingerprint density at radius 2 is 1.95 bits per heavy atom. The molecule has 104 valence electrons. The average molecular weight is 260 g/mol. The molecule has 1 rings (SSSR count). The first kappa shape index (κ1) is 15.4. The second-order valence-electron chi connectivity index (χ2n) is 4.86. The van der Waals surface area contributed by atoms with E-state index < -0.39 is 0 Å². The Hall–Kier alpha value is -1.63. The van der Waals surface area contributed by atoms with Gasteiger partial charge in [-0.2, -0.15) is 10.4 Å². The van der Waals surface area contributed by atoms with Gasteiger partial charge >= 0.3 is 0 Å². The Balaban J connectivity index is 2.99. The minimum Gasteiger partial charge on any atom is -0.365 e. The summed E-state index contributed by atoms with van der Waals surface area (Å²) in [5.41, 5.74) is 2.63. The Bertz CT molecular complexity index is 448. The first-order valence-electron chi connectivity index (χ1n) is 7.22. The number of rotatable bonds is 7. The zero-order valence-corrected chi connectivity index (χ0v) is 12.5. The standard InChI is InChI=1S/C15H24N4/c1-5-8-9-11(4)17-15-13(10-16)12(6-2)14(7-3)18-19-15/h11H,5-9H2,1-4H3,(H,17,19). The second kappa shape index (κ2) is 7.73. The smallest absolute Gasteiger partial charge is 0.167 e. The van der Waals surface area contributed by atoms with Crippen molar-refractivity contribution < 1.29 is 0 Å². The van der Waals surface area contributed by atoms with Crippen LogP contribution in [-0.2, 0) is 12.8 Å². The molecular weight excluding hydrogens is 236 g/mol. The van der Waals surface area contributed by atoms with Gasteiger partial charge in [-0.25, -0.2) is 0 Å². The molecule has 1 aromatic heterocycles. The van der Waals surface area contributed by atoms with E-state index >= 15 is 0 Å². The molecule has 0 fully saturated rings.